The van der Waals surface area contributed by atoms with E-state index >= 15 is 0 Å². The van der Waals surface area contributed by atoms with E-state index in [0.717, 1.165) is 12.8 Å². The third kappa shape index (κ3) is 6.12. The molecule has 7 nitrogen and oxygen atoms in total. The summed E-state index contributed by atoms with van der Waals surface area (Å²) in [6.07, 6.45) is 2.31. The maximum Gasteiger partial charge on any atom is 0.243 e. The predicted molar refractivity (Wildman–Crippen MR) is 79.2 cm³/mol. The van der Waals surface area contributed by atoms with E-state index in [4.69, 9.17) is 5.73 Å². The Labute approximate surface area is 125 Å². The van der Waals surface area contributed by atoms with E-state index in [2.05, 4.69) is 29.8 Å². The summed E-state index contributed by atoms with van der Waals surface area (Å²) in [7, 11) is 0. The highest BCUT2D eigenvalue weighted by Gasteiger charge is 2.34. The van der Waals surface area contributed by atoms with Gasteiger partial charge in [-0.2, -0.15) is 0 Å². The van der Waals surface area contributed by atoms with E-state index < -0.39 is 12.1 Å². The number of carbonyl (C=O) groups excluding carboxylic acids is 3. The van der Waals surface area contributed by atoms with Gasteiger partial charge in [0.2, 0.25) is 17.7 Å². The Balaban J connectivity index is 2.32. The summed E-state index contributed by atoms with van der Waals surface area (Å²) >= 11 is 0. The molecule has 0 bridgehead atoms. The lowest BCUT2D eigenvalue weighted by molar-refractivity contribution is -0.138. The Hall–Kier alpha value is -1.63. The van der Waals surface area contributed by atoms with Crippen molar-refractivity contribution >= 4 is 17.7 Å². The van der Waals surface area contributed by atoms with Crippen LogP contribution in [0, 0.1) is 5.92 Å². The normalized spacial score (nSPS) is 21.9. The molecule has 3 amide bonds. The van der Waals surface area contributed by atoms with Gasteiger partial charge in [-0.05, 0) is 31.7 Å². The van der Waals surface area contributed by atoms with Crippen molar-refractivity contribution in [2.75, 3.05) is 13.1 Å². The molecule has 0 aliphatic carbocycles. The van der Waals surface area contributed by atoms with Crippen molar-refractivity contribution in [1.82, 2.24) is 16.0 Å². The zero-order valence-corrected chi connectivity index (χ0v) is 12.8. The van der Waals surface area contributed by atoms with Crippen LogP contribution in [-0.4, -0.2) is 42.9 Å². The second-order valence-electron chi connectivity index (χ2n) is 5.79. The van der Waals surface area contributed by atoms with Crippen molar-refractivity contribution < 1.29 is 14.4 Å². The maximum absolute atomic E-state index is 11.8. The fraction of sp³-hybridized carbons (Fsp3) is 0.786. The Bertz CT molecular complexity index is 384. The van der Waals surface area contributed by atoms with Crippen molar-refractivity contribution in [2.45, 2.75) is 51.6 Å². The van der Waals surface area contributed by atoms with Gasteiger partial charge in [-0.15, -0.1) is 0 Å². The molecule has 120 valence electrons. The van der Waals surface area contributed by atoms with Crippen molar-refractivity contribution in [3.05, 3.63) is 0 Å². The summed E-state index contributed by atoms with van der Waals surface area (Å²) in [5.41, 5.74) is 5.38. The first-order valence-electron chi connectivity index (χ1n) is 7.51. The molecule has 0 aromatic carbocycles. The largest absolute Gasteiger partial charge is 0.356 e. The molecular weight excluding hydrogens is 272 g/mol. The molecule has 21 heavy (non-hydrogen) atoms. The molecule has 1 aliphatic rings. The van der Waals surface area contributed by atoms with Gasteiger partial charge in [0.25, 0.3) is 0 Å². The molecule has 2 atom stereocenters. The molecule has 1 rings (SSSR count). The topological polar surface area (TPSA) is 113 Å². The minimum absolute atomic E-state index is 0.0331. The molecule has 0 aromatic heterocycles. The fourth-order valence-corrected chi connectivity index (χ4v) is 2.19. The van der Waals surface area contributed by atoms with Gasteiger partial charge in [0.1, 0.15) is 12.1 Å². The lowest BCUT2D eigenvalue weighted by atomic mass is 10.0. The SMILES string of the molecule is CC(C)CCCNC(=O)CC1NC(=O)[C@@H](CCN)NC1=O. The van der Waals surface area contributed by atoms with Gasteiger partial charge in [-0.3, -0.25) is 14.4 Å². The van der Waals surface area contributed by atoms with Gasteiger partial charge in [-0.25, -0.2) is 0 Å². The van der Waals surface area contributed by atoms with Crippen LogP contribution in [-0.2, 0) is 14.4 Å². The van der Waals surface area contributed by atoms with Crippen LogP contribution in [0.15, 0.2) is 0 Å². The highest BCUT2D eigenvalue weighted by atomic mass is 16.2. The highest BCUT2D eigenvalue weighted by Crippen LogP contribution is 2.05. The van der Waals surface area contributed by atoms with Crippen LogP contribution in [0.2, 0.25) is 0 Å². The minimum Gasteiger partial charge on any atom is -0.356 e. The summed E-state index contributed by atoms with van der Waals surface area (Å²) in [4.78, 5) is 35.3. The Morgan fingerprint density at radius 1 is 1.24 bits per heavy atom. The molecule has 1 aliphatic heterocycles. The van der Waals surface area contributed by atoms with E-state index in [9.17, 15) is 14.4 Å². The van der Waals surface area contributed by atoms with Crippen LogP contribution < -0.4 is 21.7 Å². The van der Waals surface area contributed by atoms with E-state index in [1.54, 1.807) is 0 Å². The minimum atomic E-state index is -0.795. The molecule has 1 heterocycles. The van der Waals surface area contributed by atoms with Crippen LogP contribution in [0.3, 0.4) is 0 Å². The predicted octanol–water partition coefficient (Wildman–Crippen LogP) is -0.739. The highest BCUT2D eigenvalue weighted by molar-refractivity contribution is 5.99. The number of amides is 3. The number of rotatable bonds is 8. The molecule has 0 aromatic rings. The standard InChI is InChI=1S/C14H26N4O3/c1-9(2)4-3-7-16-12(19)8-11-14(21)17-10(5-6-15)13(20)18-11/h9-11H,3-8,15H2,1-2H3,(H,16,19)(H,17,21)(H,18,20)/t10-,11?/m1/s1. The van der Waals surface area contributed by atoms with E-state index in [1.165, 1.54) is 0 Å². The van der Waals surface area contributed by atoms with Gasteiger partial charge in [0, 0.05) is 6.54 Å². The summed E-state index contributed by atoms with van der Waals surface area (Å²) < 4.78 is 0. The van der Waals surface area contributed by atoms with E-state index in [1.807, 2.05) is 0 Å². The van der Waals surface area contributed by atoms with Crippen LogP contribution in [0.1, 0.15) is 39.5 Å². The molecule has 7 heteroatoms. The molecule has 1 fully saturated rings. The van der Waals surface area contributed by atoms with Gasteiger partial charge in [-0.1, -0.05) is 13.8 Å². The Kier molecular flexibility index (Phi) is 7.14. The van der Waals surface area contributed by atoms with Crippen molar-refractivity contribution in [1.29, 1.82) is 0 Å². The Morgan fingerprint density at radius 3 is 2.48 bits per heavy atom. The van der Waals surface area contributed by atoms with Crippen molar-refractivity contribution in [3.63, 3.8) is 0 Å². The number of piperazine rings is 1. The van der Waals surface area contributed by atoms with Crippen LogP contribution in [0.25, 0.3) is 0 Å². The third-order valence-corrected chi connectivity index (χ3v) is 3.39. The molecule has 5 N–H and O–H groups in total. The number of nitrogens with two attached hydrogens (primary N) is 1. The molecule has 0 spiro atoms. The smallest absolute Gasteiger partial charge is 0.243 e. The summed E-state index contributed by atoms with van der Waals surface area (Å²) in [6, 6.07) is -1.38. The van der Waals surface area contributed by atoms with Crippen LogP contribution in [0.5, 0.6) is 0 Å². The third-order valence-electron chi connectivity index (χ3n) is 3.39. The number of hydrogen-bond acceptors (Lipinski definition) is 4. The number of hydrogen-bond donors (Lipinski definition) is 4. The number of nitrogens with one attached hydrogen (secondary N) is 3. The summed E-state index contributed by atoms with van der Waals surface area (Å²) in [6.45, 7) is 5.16. The molecule has 0 radical (unpaired) electrons. The maximum atomic E-state index is 11.8. The second-order valence-corrected chi connectivity index (χ2v) is 5.79. The average Bonchev–Trinajstić information content (AvgIpc) is 2.40. The monoisotopic (exact) mass is 298 g/mol. The number of carbonyl (C=O) groups is 3. The average molecular weight is 298 g/mol. The lowest BCUT2D eigenvalue weighted by Gasteiger charge is -2.29. The van der Waals surface area contributed by atoms with Gasteiger partial charge in [0.05, 0.1) is 6.42 Å². The van der Waals surface area contributed by atoms with Crippen LogP contribution in [0.4, 0.5) is 0 Å². The molecule has 1 unspecified atom stereocenters. The first kappa shape index (κ1) is 17.4. The molecule has 0 saturated carbocycles. The lowest BCUT2D eigenvalue weighted by Crippen LogP contribution is -2.62. The Morgan fingerprint density at radius 2 is 1.86 bits per heavy atom. The second kappa shape index (κ2) is 8.61. The van der Waals surface area contributed by atoms with Crippen molar-refractivity contribution in [2.24, 2.45) is 11.7 Å². The zero-order chi connectivity index (χ0) is 15.8. The van der Waals surface area contributed by atoms with Gasteiger partial charge >= 0.3 is 0 Å². The quantitative estimate of drug-likeness (QED) is 0.442. The van der Waals surface area contributed by atoms with Gasteiger partial charge in [0.15, 0.2) is 0 Å². The first-order valence-corrected chi connectivity index (χ1v) is 7.51. The van der Waals surface area contributed by atoms with E-state index in [-0.39, 0.29) is 24.1 Å². The van der Waals surface area contributed by atoms with Crippen molar-refractivity contribution in [3.8, 4) is 0 Å². The summed E-state index contributed by atoms with van der Waals surface area (Å²) in [5, 5.41) is 7.93. The molecule has 1 saturated heterocycles. The zero-order valence-electron chi connectivity index (χ0n) is 12.8. The summed E-state index contributed by atoms with van der Waals surface area (Å²) in [5.74, 6) is -0.232. The van der Waals surface area contributed by atoms with Crippen LogP contribution >= 0.6 is 0 Å². The van der Waals surface area contributed by atoms with Gasteiger partial charge < -0.3 is 21.7 Å². The fourth-order valence-electron chi connectivity index (χ4n) is 2.19. The van der Waals surface area contributed by atoms with E-state index in [0.29, 0.717) is 25.4 Å². The molecular formula is C14H26N4O3. The first-order chi connectivity index (χ1) is 9.93.